The largest absolute Gasteiger partial charge is 0.366 e. The highest BCUT2D eigenvalue weighted by molar-refractivity contribution is 7.98. The maximum absolute atomic E-state index is 4.42. The molecule has 24 heavy (non-hydrogen) atoms. The van der Waals surface area contributed by atoms with E-state index in [9.17, 15) is 0 Å². The van der Waals surface area contributed by atoms with Crippen LogP contribution in [-0.4, -0.2) is 31.9 Å². The van der Waals surface area contributed by atoms with Crippen LogP contribution in [0.25, 0.3) is 5.65 Å². The molecule has 1 aliphatic rings. The number of thioether (sulfide) groups is 1. The summed E-state index contributed by atoms with van der Waals surface area (Å²) in [5, 5.41) is 12.1. The van der Waals surface area contributed by atoms with Gasteiger partial charge in [-0.15, -0.1) is 10.2 Å². The van der Waals surface area contributed by atoms with Crippen molar-refractivity contribution >= 4 is 23.2 Å². The molecule has 2 aromatic heterocycles. The Labute approximate surface area is 145 Å². The Morgan fingerprint density at radius 3 is 2.83 bits per heavy atom. The number of fused-ring (bicyclic) bond motifs is 1. The molecule has 1 aromatic carbocycles. The fourth-order valence-electron chi connectivity index (χ4n) is 2.70. The van der Waals surface area contributed by atoms with Crippen LogP contribution in [0.4, 0.5) is 5.82 Å². The molecule has 2 heterocycles. The molecule has 124 valence electrons. The lowest BCUT2D eigenvalue weighted by atomic mass is 10.2. The van der Waals surface area contributed by atoms with Crippen LogP contribution in [0.15, 0.2) is 36.7 Å². The summed E-state index contributed by atoms with van der Waals surface area (Å²) in [6, 6.07) is 8.74. The lowest BCUT2D eigenvalue weighted by Crippen LogP contribution is -2.07. The normalized spacial score (nSPS) is 14.2. The predicted octanol–water partition coefficient (Wildman–Crippen LogP) is 3.66. The molecule has 0 spiro atoms. The molecule has 1 aliphatic carbocycles. The van der Waals surface area contributed by atoms with Crippen LogP contribution in [0, 0.1) is 6.92 Å². The Morgan fingerprint density at radius 1 is 1.21 bits per heavy atom. The SMILES string of the molecule is Cc1ccc(CSCCNc2nccn3c(C4CC4)nnc23)cc1. The van der Waals surface area contributed by atoms with Gasteiger partial charge in [0.25, 0.3) is 0 Å². The number of hydrogen-bond donors (Lipinski definition) is 1. The number of nitrogens with zero attached hydrogens (tertiary/aromatic N) is 4. The first-order valence-corrected chi connectivity index (χ1v) is 9.53. The third-order valence-corrected chi connectivity index (χ3v) is 5.25. The van der Waals surface area contributed by atoms with Gasteiger partial charge in [0, 0.05) is 36.4 Å². The number of rotatable bonds is 7. The van der Waals surface area contributed by atoms with Crippen LogP contribution in [0.2, 0.25) is 0 Å². The van der Waals surface area contributed by atoms with Crippen molar-refractivity contribution in [3.63, 3.8) is 0 Å². The van der Waals surface area contributed by atoms with E-state index in [1.165, 1.54) is 24.0 Å². The van der Waals surface area contributed by atoms with Crippen LogP contribution in [0.1, 0.15) is 35.7 Å². The third-order valence-electron chi connectivity index (χ3n) is 4.22. The van der Waals surface area contributed by atoms with Gasteiger partial charge in [0.1, 0.15) is 5.82 Å². The molecule has 0 saturated heterocycles. The Hall–Kier alpha value is -2.08. The minimum absolute atomic E-state index is 0.584. The summed E-state index contributed by atoms with van der Waals surface area (Å²) in [5.74, 6) is 4.55. The molecule has 6 heteroatoms. The van der Waals surface area contributed by atoms with Gasteiger partial charge in [0.2, 0.25) is 5.65 Å². The topological polar surface area (TPSA) is 55.1 Å². The van der Waals surface area contributed by atoms with Crippen molar-refractivity contribution in [3.8, 4) is 0 Å². The molecule has 1 N–H and O–H groups in total. The first-order valence-electron chi connectivity index (χ1n) is 8.38. The summed E-state index contributed by atoms with van der Waals surface area (Å²) in [5.41, 5.74) is 3.52. The van der Waals surface area contributed by atoms with Crippen molar-refractivity contribution in [2.24, 2.45) is 0 Å². The van der Waals surface area contributed by atoms with E-state index in [0.717, 1.165) is 35.3 Å². The van der Waals surface area contributed by atoms with Crippen molar-refractivity contribution in [1.82, 2.24) is 19.6 Å². The maximum Gasteiger partial charge on any atom is 0.203 e. The zero-order valence-corrected chi connectivity index (χ0v) is 14.6. The van der Waals surface area contributed by atoms with Crippen molar-refractivity contribution < 1.29 is 0 Å². The molecule has 0 atom stereocenters. The van der Waals surface area contributed by atoms with E-state index < -0.39 is 0 Å². The minimum Gasteiger partial charge on any atom is -0.366 e. The van der Waals surface area contributed by atoms with Gasteiger partial charge in [-0.1, -0.05) is 29.8 Å². The first-order chi connectivity index (χ1) is 11.8. The van der Waals surface area contributed by atoms with Crippen molar-refractivity contribution in [3.05, 3.63) is 53.6 Å². The van der Waals surface area contributed by atoms with E-state index >= 15 is 0 Å². The average molecular weight is 339 g/mol. The molecule has 1 saturated carbocycles. The fourth-order valence-corrected chi connectivity index (χ4v) is 3.52. The van der Waals surface area contributed by atoms with Gasteiger partial charge in [-0.25, -0.2) is 4.98 Å². The van der Waals surface area contributed by atoms with E-state index in [0.29, 0.717) is 5.92 Å². The van der Waals surface area contributed by atoms with E-state index in [1.54, 1.807) is 0 Å². The molecule has 0 radical (unpaired) electrons. The monoisotopic (exact) mass is 339 g/mol. The number of aryl methyl sites for hydroxylation is 1. The highest BCUT2D eigenvalue weighted by Crippen LogP contribution is 2.39. The summed E-state index contributed by atoms with van der Waals surface area (Å²) in [7, 11) is 0. The van der Waals surface area contributed by atoms with E-state index in [4.69, 9.17) is 0 Å². The Balaban J connectivity index is 1.31. The standard InChI is InChI=1S/C18H21N5S/c1-13-2-4-14(5-3-13)12-24-11-9-20-16-18-22-21-17(15-6-7-15)23(18)10-8-19-16/h2-5,8,10,15H,6-7,9,11-12H2,1H3,(H,19,20). The number of aromatic nitrogens is 4. The highest BCUT2D eigenvalue weighted by Gasteiger charge is 2.29. The number of hydrogen-bond acceptors (Lipinski definition) is 5. The zero-order valence-electron chi connectivity index (χ0n) is 13.8. The number of benzene rings is 1. The Bertz CT molecular complexity index is 823. The average Bonchev–Trinajstić information content (AvgIpc) is 3.35. The van der Waals surface area contributed by atoms with Gasteiger partial charge in [0.05, 0.1) is 0 Å². The van der Waals surface area contributed by atoms with E-state index in [-0.39, 0.29) is 0 Å². The summed E-state index contributed by atoms with van der Waals surface area (Å²) >= 11 is 1.92. The number of anilines is 1. The highest BCUT2D eigenvalue weighted by atomic mass is 32.2. The summed E-state index contributed by atoms with van der Waals surface area (Å²) in [6.45, 7) is 2.99. The second-order valence-corrected chi connectivity index (χ2v) is 7.37. The van der Waals surface area contributed by atoms with Gasteiger partial charge in [-0.3, -0.25) is 4.40 Å². The molecule has 0 bridgehead atoms. The smallest absolute Gasteiger partial charge is 0.203 e. The van der Waals surface area contributed by atoms with E-state index in [1.807, 2.05) is 24.2 Å². The Kier molecular flexibility index (Phi) is 4.38. The molecular formula is C18H21N5S. The predicted molar refractivity (Wildman–Crippen MR) is 98.6 cm³/mol. The van der Waals surface area contributed by atoms with Crippen LogP contribution >= 0.6 is 11.8 Å². The lowest BCUT2D eigenvalue weighted by molar-refractivity contribution is 0.894. The molecular weight excluding hydrogens is 318 g/mol. The number of nitrogens with one attached hydrogen (secondary N) is 1. The summed E-state index contributed by atoms with van der Waals surface area (Å²) in [4.78, 5) is 4.42. The van der Waals surface area contributed by atoms with Crippen molar-refractivity contribution in [1.29, 1.82) is 0 Å². The van der Waals surface area contributed by atoms with Gasteiger partial charge in [-0.2, -0.15) is 11.8 Å². The molecule has 0 amide bonds. The van der Waals surface area contributed by atoms with Gasteiger partial charge in [-0.05, 0) is 25.3 Å². The minimum atomic E-state index is 0.584. The van der Waals surface area contributed by atoms with Gasteiger partial charge in [0.15, 0.2) is 5.82 Å². The Morgan fingerprint density at radius 2 is 2.04 bits per heavy atom. The van der Waals surface area contributed by atoms with Gasteiger partial charge >= 0.3 is 0 Å². The first kappa shape index (κ1) is 15.4. The fraction of sp³-hybridized carbons (Fsp3) is 0.389. The summed E-state index contributed by atoms with van der Waals surface area (Å²) in [6.07, 6.45) is 6.23. The quantitative estimate of drug-likeness (QED) is 0.666. The van der Waals surface area contributed by atoms with Gasteiger partial charge < -0.3 is 5.32 Å². The molecule has 0 aliphatic heterocycles. The van der Waals surface area contributed by atoms with Crippen LogP contribution in [0.3, 0.4) is 0 Å². The maximum atomic E-state index is 4.42. The van der Waals surface area contributed by atoms with Crippen LogP contribution in [-0.2, 0) is 5.75 Å². The molecule has 5 nitrogen and oxygen atoms in total. The van der Waals surface area contributed by atoms with Crippen molar-refractivity contribution in [2.45, 2.75) is 31.4 Å². The third kappa shape index (κ3) is 3.38. The molecule has 3 aromatic rings. The second-order valence-electron chi connectivity index (χ2n) is 6.27. The molecule has 4 rings (SSSR count). The van der Waals surface area contributed by atoms with Crippen molar-refractivity contribution in [2.75, 3.05) is 17.6 Å². The lowest BCUT2D eigenvalue weighted by Gasteiger charge is -2.07. The summed E-state index contributed by atoms with van der Waals surface area (Å²) < 4.78 is 2.08. The van der Waals surface area contributed by atoms with Crippen LogP contribution in [0.5, 0.6) is 0 Å². The zero-order chi connectivity index (χ0) is 16.4. The molecule has 0 unspecified atom stereocenters. The van der Waals surface area contributed by atoms with E-state index in [2.05, 4.69) is 56.1 Å². The molecule has 1 fully saturated rings. The second kappa shape index (κ2) is 6.81. The van der Waals surface area contributed by atoms with Crippen LogP contribution < -0.4 is 5.32 Å².